The van der Waals surface area contributed by atoms with Crippen molar-refractivity contribution in [1.29, 1.82) is 5.26 Å². The van der Waals surface area contributed by atoms with Crippen LogP contribution in [0.3, 0.4) is 0 Å². The van der Waals surface area contributed by atoms with E-state index >= 15 is 0 Å². The van der Waals surface area contributed by atoms with Gasteiger partial charge >= 0.3 is 0 Å². The highest BCUT2D eigenvalue weighted by Gasteiger charge is 2.35. The lowest BCUT2D eigenvalue weighted by atomic mass is 9.63. The molecule has 4 unspecified atom stereocenters. The molecule has 2 fully saturated rings. The third kappa shape index (κ3) is 3.06. The van der Waals surface area contributed by atoms with Gasteiger partial charge in [-0.25, -0.2) is 4.39 Å². The van der Waals surface area contributed by atoms with Gasteiger partial charge in [-0.1, -0.05) is 44.0 Å². The number of hydrogen-bond donors (Lipinski definition) is 0. The topological polar surface area (TPSA) is 23.8 Å². The summed E-state index contributed by atoms with van der Waals surface area (Å²) in [5, 5.41) is 10.5. The molecule has 0 radical (unpaired) electrons. The second kappa shape index (κ2) is 6.79. The van der Waals surface area contributed by atoms with Crippen molar-refractivity contribution in [1.82, 2.24) is 0 Å². The van der Waals surface area contributed by atoms with Gasteiger partial charge in [-0.3, -0.25) is 0 Å². The lowest BCUT2D eigenvalue weighted by molar-refractivity contribution is 0.116. The summed E-state index contributed by atoms with van der Waals surface area (Å²) in [5.41, 5.74) is 1.49. The van der Waals surface area contributed by atoms with E-state index in [9.17, 15) is 4.39 Å². The molecular formula is C23H26FN. The van der Waals surface area contributed by atoms with E-state index in [-0.39, 0.29) is 11.4 Å². The van der Waals surface area contributed by atoms with Crippen molar-refractivity contribution < 1.29 is 4.39 Å². The highest BCUT2D eigenvalue weighted by Crippen LogP contribution is 2.48. The predicted molar refractivity (Wildman–Crippen MR) is 99.8 cm³/mol. The second-order valence-corrected chi connectivity index (χ2v) is 8.14. The first-order valence-electron chi connectivity index (χ1n) is 9.81. The third-order valence-electron chi connectivity index (χ3n) is 6.87. The van der Waals surface area contributed by atoms with Gasteiger partial charge in [0, 0.05) is 5.39 Å². The van der Waals surface area contributed by atoms with Crippen LogP contribution in [0.25, 0.3) is 10.8 Å². The van der Waals surface area contributed by atoms with E-state index in [1.807, 2.05) is 18.2 Å². The molecule has 0 heterocycles. The molecule has 2 aliphatic rings. The van der Waals surface area contributed by atoms with Gasteiger partial charge in [0.1, 0.15) is 11.9 Å². The summed E-state index contributed by atoms with van der Waals surface area (Å²) < 4.78 is 14.3. The molecule has 25 heavy (non-hydrogen) atoms. The summed E-state index contributed by atoms with van der Waals surface area (Å²) in [6.45, 7) is 2.34. The van der Waals surface area contributed by atoms with Gasteiger partial charge in [-0.05, 0) is 72.8 Å². The van der Waals surface area contributed by atoms with Crippen LogP contribution in [0.15, 0.2) is 30.3 Å². The predicted octanol–water partition coefficient (Wildman–Crippen LogP) is 6.56. The van der Waals surface area contributed by atoms with Crippen LogP contribution >= 0.6 is 0 Å². The SMILES string of the molecule is CCC1CCC2CC(c3ccc4c(F)c(C#N)ccc4c3)CCC2C1. The van der Waals surface area contributed by atoms with Crippen LogP contribution in [0.2, 0.25) is 0 Å². The lowest BCUT2D eigenvalue weighted by Gasteiger charge is -2.42. The van der Waals surface area contributed by atoms with Crippen molar-refractivity contribution in [2.75, 3.05) is 0 Å². The molecule has 2 aliphatic carbocycles. The Hall–Kier alpha value is -1.88. The third-order valence-corrected chi connectivity index (χ3v) is 6.87. The van der Waals surface area contributed by atoms with Crippen molar-refractivity contribution in [3.63, 3.8) is 0 Å². The van der Waals surface area contributed by atoms with Crippen molar-refractivity contribution in [2.24, 2.45) is 17.8 Å². The molecule has 0 N–H and O–H groups in total. The first kappa shape index (κ1) is 16.6. The van der Waals surface area contributed by atoms with E-state index in [0.717, 1.165) is 23.1 Å². The van der Waals surface area contributed by atoms with Crippen molar-refractivity contribution in [3.05, 3.63) is 47.3 Å². The minimum atomic E-state index is -0.381. The molecule has 1 nitrogen and oxygen atoms in total. The Morgan fingerprint density at radius 1 is 1.04 bits per heavy atom. The number of rotatable bonds is 2. The number of nitrogens with zero attached hydrogens (tertiary/aromatic N) is 1. The smallest absolute Gasteiger partial charge is 0.148 e. The molecule has 2 saturated carbocycles. The fraction of sp³-hybridized carbons (Fsp3) is 0.522. The van der Waals surface area contributed by atoms with Crippen LogP contribution < -0.4 is 0 Å². The van der Waals surface area contributed by atoms with Gasteiger partial charge in [0.2, 0.25) is 0 Å². The molecule has 4 rings (SSSR count). The quantitative estimate of drug-likeness (QED) is 0.609. The maximum absolute atomic E-state index is 14.3. The minimum Gasteiger partial charge on any atom is -0.205 e. The minimum absolute atomic E-state index is 0.133. The summed E-state index contributed by atoms with van der Waals surface area (Å²) >= 11 is 0. The summed E-state index contributed by atoms with van der Waals surface area (Å²) in [5.74, 6) is 3.01. The van der Waals surface area contributed by atoms with E-state index in [0.29, 0.717) is 11.3 Å². The van der Waals surface area contributed by atoms with Gasteiger partial charge in [0.15, 0.2) is 0 Å². The van der Waals surface area contributed by atoms with Crippen LogP contribution in [-0.2, 0) is 0 Å². The largest absolute Gasteiger partial charge is 0.205 e. The van der Waals surface area contributed by atoms with Crippen LogP contribution in [0.4, 0.5) is 4.39 Å². The van der Waals surface area contributed by atoms with E-state index in [1.54, 1.807) is 6.07 Å². The van der Waals surface area contributed by atoms with E-state index in [4.69, 9.17) is 5.26 Å². The first-order chi connectivity index (χ1) is 12.2. The Bertz CT molecular complexity index is 819. The average Bonchev–Trinajstić information content (AvgIpc) is 2.67. The molecule has 2 heteroatoms. The zero-order chi connectivity index (χ0) is 17.4. The Kier molecular flexibility index (Phi) is 4.50. The highest BCUT2D eigenvalue weighted by molar-refractivity contribution is 5.85. The van der Waals surface area contributed by atoms with Crippen LogP contribution in [-0.4, -0.2) is 0 Å². The molecule has 2 aromatic rings. The zero-order valence-electron chi connectivity index (χ0n) is 15.0. The molecule has 0 spiro atoms. The molecule has 0 aliphatic heterocycles. The molecule has 0 bridgehead atoms. The maximum atomic E-state index is 14.3. The Balaban J connectivity index is 1.56. The van der Waals surface area contributed by atoms with Crippen molar-refractivity contribution in [2.45, 2.75) is 57.8 Å². The Morgan fingerprint density at radius 3 is 2.64 bits per heavy atom. The average molecular weight is 335 g/mol. The van der Waals surface area contributed by atoms with E-state index in [2.05, 4.69) is 19.1 Å². The molecule has 0 amide bonds. The Morgan fingerprint density at radius 2 is 1.84 bits per heavy atom. The standard InChI is InChI=1S/C23H26FN/c1-2-15-3-4-17-12-18(6-5-16(17)11-15)19-9-10-22-20(13-19)7-8-21(14-25)23(22)24/h7-10,13,15-18H,2-6,11-12H2,1H3. The molecule has 0 aromatic heterocycles. The lowest BCUT2D eigenvalue weighted by Crippen LogP contribution is -2.30. The number of halogens is 1. The fourth-order valence-corrected chi connectivity index (χ4v) is 5.31. The van der Waals surface area contributed by atoms with Gasteiger partial charge < -0.3 is 0 Å². The fourth-order valence-electron chi connectivity index (χ4n) is 5.31. The normalized spacial score (nSPS) is 29.2. The number of benzene rings is 2. The van der Waals surface area contributed by atoms with Crippen LogP contribution in [0.5, 0.6) is 0 Å². The molecule has 2 aromatic carbocycles. The van der Waals surface area contributed by atoms with Crippen molar-refractivity contribution >= 4 is 10.8 Å². The Labute approximate surface area is 149 Å². The summed E-state index contributed by atoms with van der Waals surface area (Å²) in [4.78, 5) is 0. The summed E-state index contributed by atoms with van der Waals surface area (Å²) in [6.07, 6.45) is 9.50. The van der Waals surface area contributed by atoms with Crippen LogP contribution in [0, 0.1) is 34.9 Å². The first-order valence-corrected chi connectivity index (χ1v) is 9.81. The molecular weight excluding hydrogens is 309 g/mol. The van der Waals surface area contributed by atoms with Crippen LogP contribution in [0.1, 0.15) is 68.9 Å². The number of fused-ring (bicyclic) bond motifs is 2. The monoisotopic (exact) mass is 335 g/mol. The molecule has 130 valence electrons. The van der Waals surface area contributed by atoms with E-state index in [1.165, 1.54) is 50.5 Å². The van der Waals surface area contributed by atoms with Crippen molar-refractivity contribution in [3.8, 4) is 6.07 Å². The number of nitriles is 1. The summed E-state index contributed by atoms with van der Waals surface area (Å²) in [7, 11) is 0. The second-order valence-electron chi connectivity index (χ2n) is 8.14. The summed E-state index contributed by atoms with van der Waals surface area (Å²) in [6, 6.07) is 11.5. The van der Waals surface area contributed by atoms with Gasteiger partial charge in [0.05, 0.1) is 5.56 Å². The van der Waals surface area contributed by atoms with E-state index < -0.39 is 0 Å². The zero-order valence-corrected chi connectivity index (χ0v) is 15.0. The maximum Gasteiger partial charge on any atom is 0.148 e. The van der Waals surface area contributed by atoms with Gasteiger partial charge in [0.25, 0.3) is 0 Å². The number of hydrogen-bond acceptors (Lipinski definition) is 1. The molecule has 0 saturated heterocycles. The van der Waals surface area contributed by atoms with Gasteiger partial charge in [-0.2, -0.15) is 5.26 Å². The van der Waals surface area contributed by atoms with Gasteiger partial charge in [-0.15, -0.1) is 0 Å². The molecule has 4 atom stereocenters. The highest BCUT2D eigenvalue weighted by atomic mass is 19.1.